The van der Waals surface area contributed by atoms with Gasteiger partial charge >= 0.3 is 0 Å². The number of nitrogens with one attached hydrogen (secondary N) is 1. The summed E-state index contributed by atoms with van der Waals surface area (Å²) in [7, 11) is 1.67. The van der Waals surface area contributed by atoms with Crippen LogP contribution in [0.5, 0.6) is 5.75 Å². The van der Waals surface area contributed by atoms with Gasteiger partial charge in [-0.1, -0.05) is 54.6 Å². The minimum absolute atomic E-state index is 0.842. The Labute approximate surface area is 156 Å². The summed E-state index contributed by atoms with van der Waals surface area (Å²) in [4.78, 5) is 4.70. The summed E-state index contributed by atoms with van der Waals surface area (Å²) < 4.78 is 5.18. The summed E-state index contributed by atoms with van der Waals surface area (Å²) in [5.74, 6) is 0.842. The molecule has 26 heavy (non-hydrogen) atoms. The van der Waals surface area contributed by atoms with Crippen LogP contribution in [0, 0.1) is 0 Å². The third-order valence-electron chi connectivity index (χ3n) is 4.13. The SMILES string of the molecule is COc1ccc(Nc2nc(-c3ccc(-c4ccccc4)cc3)cs2)cc1. The van der Waals surface area contributed by atoms with Gasteiger partial charge in [0, 0.05) is 16.6 Å². The van der Waals surface area contributed by atoms with Gasteiger partial charge in [0.15, 0.2) is 5.13 Å². The van der Waals surface area contributed by atoms with Gasteiger partial charge in [-0.3, -0.25) is 0 Å². The van der Waals surface area contributed by atoms with Crippen LogP contribution < -0.4 is 10.1 Å². The molecule has 1 heterocycles. The molecule has 0 aliphatic heterocycles. The van der Waals surface area contributed by atoms with E-state index in [4.69, 9.17) is 9.72 Å². The van der Waals surface area contributed by atoms with Crippen LogP contribution in [-0.2, 0) is 0 Å². The zero-order valence-electron chi connectivity index (χ0n) is 14.3. The van der Waals surface area contributed by atoms with E-state index in [2.05, 4.69) is 59.2 Å². The van der Waals surface area contributed by atoms with Crippen LogP contribution in [0.15, 0.2) is 84.2 Å². The molecule has 0 unspecified atom stereocenters. The molecule has 128 valence electrons. The quantitative estimate of drug-likeness (QED) is 0.459. The highest BCUT2D eigenvalue weighted by molar-refractivity contribution is 7.14. The molecule has 0 saturated heterocycles. The van der Waals surface area contributed by atoms with Crippen molar-refractivity contribution in [3.8, 4) is 28.1 Å². The number of aromatic nitrogens is 1. The molecule has 0 amide bonds. The van der Waals surface area contributed by atoms with Crippen molar-refractivity contribution in [2.45, 2.75) is 0 Å². The molecule has 4 heteroatoms. The van der Waals surface area contributed by atoms with E-state index < -0.39 is 0 Å². The fourth-order valence-electron chi connectivity index (χ4n) is 2.73. The predicted octanol–water partition coefficient (Wildman–Crippen LogP) is 6.23. The van der Waals surface area contributed by atoms with Crippen molar-refractivity contribution >= 4 is 22.2 Å². The molecule has 0 radical (unpaired) electrons. The van der Waals surface area contributed by atoms with Crippen LogP contribution in [0.3, 0.4) is 0 Å². The highest BCUT2D eigenvalue weighted by Gasteiger charge is 2.06. The van der Waals surface area contributed by atoms with Crippen molar-refractivity contribution in [3.05, 3.63) is 84.2 Å². The largest absolute Gasteiger partial charge is 0.497 e. The molecule has 0 aliphatic carbocycles. The third-order valence-corrected chi connectivity index (χ3v) is 4.89. The predicted molar refractivity (Wildman–Crippen MR) is 109 cm³/mol. The van der Waals surface area contributed by atoms with E-state index in [1.54, 1.807) is 18.4 Å². The summed E-state index contributed by atoms with van der Waals surface area (Å²) >= 11 is 1.60. The van der Waals surface area contributed by atoms with Gasteiger partial charge in [-0.15, -0.1) is 11.3 Å². The Bertz CT molecular complexity index is 977. The molecule has 0 atom stereocenters. The van der Waals surface area contributed by atoms with Gasteiger partial charge in [-0.25, -0.2) is 4.98 Å². The normalized spacial score (nSPS) is 10.5. The van der Waals surface area contributed by atoms with Gasteiger partial charge in [0.25, 0.3) is 0 Å². The summed E-state index contributed by atoms with van der Waals surface area (Å²) in [6.45, 7) is 0. The molecule has 4 rings (SSSR count). The highest BCUT2D eigenvalue weighted by atomic mass is 32.1. The molecule has 4 aromatic rings. The van der Waals surface area contributed by atoms with E-state index in [0.717, 1.165) is 27.8 Å². The van der Waals surface area contributed by atoms with Gasteiger partial charge in [-0.2, -0.15) is 0 Å². The second-order valence-corrected chi connectivity index (χ2v) is 6.69. The van der Waals surface area contributed by atoms with E-state index in [9.17, 15) is 0 Å². The van der Waals surface area contributed by atoms with Gasteiger partial charge in [0.2, 0.25) is 0 Å². The van der Waals surface area contributed by atoms with E-state index in [1.807, 2.05) is 30.3 Å². The average molecular weight is 358 g/mol. The van der Waals surface area contributed by atoms with Crippen molar-refractivity contribution in [2.75, 3.05) is 12.4 Å². The molecule has 1 N–H and O–H groups in total. The molecule has 3 nitrogen and oxygen atoms in total. The fraction of sp³-hybridized carbons (Fsp3) is 0.0455. The lowest BCUT2D eigenvalue weighted by Gasteiger charge is -2.04. The lowest BCUT2D eigenvalue weighted by Crippen LogP contribution is -1.90. The van der Waals surface area contributed by atoms with E-state index >= 15 is 0 Å². The van der Waals surface area contributed by atoms with Crippen LogP contribution in [-0.4, -0.2) is 12.1 Å². The molecule has 0 aliphatic rings. The molecule has 0 saturated carbocycles. The second-order valence-electron chi connectivity index (χ2n) is 5.83. The Morgan fingerprint density at radius 3 is 2.12 bits per heavy atom. The zero-order chi connectivity index (χ0) is 17.8. The van der Waals surface area contributed by atoms with Crippen molar-refractivity contribution < 1.29 is 4.74 Å². The Morgan fingerprint density at radius 1 is 0.769 bits per heavy atom. The summed E-state index contributed by atoms with van der Waals surface area (Å²) in [5.41, 5.74) is 5.51. The Hall–Kier alpha value is -3.11. The molecule has 0 bridgehead atoms. The van der Waals surface area contributed by atoms with Crippen molar-refractivity contribution in [2.24, 2.45) is 0 Å². The number of hydrogen-bond acceptors (Lipinski definition) is 4. The van der Waals surface area contributed by atoms with E-state index in [0.29, 0.717) is 0 Å². The molecule has 1 aromatic heterocycles. The van der Waals surface area contributed by atoms with Gasteiger partial charge in [-0.05, 0) is 35.4 Å². The smallest absolute Gasteiger partial charge is 0.187 e. The van der Waals surface area contributed by atoms with Crippen molar-refractivity contribution in [3.63, 3.8) is 0 Å². The van der Waals surface area contributed by atoms with Crippen LogP contribution in [0.25, 0.3) is 22.4 Å². The number of anilines is 2. The zero-order valence-corrected chi connectivity index (χ0v) is 15.2. The first-order valence-electron chi connectivity index (χ1n) is 8.34. The minimum atomic E-state index is 0.842. The first-order valence-corrected chi connectivity index (χ1v) is 9.22. The van der Waals surface area contributed by atoms with Crippen LogP contribution in [0.2, 0.25) is 0 Å². The van der Waals surface area contributed by atoms with E-state index in [1.165, 1.54) is 11.1 Å². The van der Waals surface area contributed by atoms with Crippen LogP contribution in [0.1, 0.15) is 0 Å². The Morgan fingerprint density at radius 2 is 1.42 bits per heavy atom. The summed E-state index contributed by atoms with van der Waals surface area (Å²) in [5, 5.41) is 6.28. The molecule has 3 aromatic carbocycles. The van der Waals surface area contributed by atoms with Gasteiger partial charge < -0.3 is 10.1 Å². The molecule has 0 spiro atoms. The number of rotatable bonds is 5. The highest BCUT2D eigenvalue weighted by Crippen LogP contribution is 2.29. The molecule has 0 fully saturated rings. The monoisotopic (exact) mass is 358 g/mol. The summed E-state index contributed by atoms with van der Waals surface area (Å²) in [6, 6.07) is 26.7. The van der Waals surface area contributed by atoms with Crippen molar-refractivity contribution in [1.29, 1.82) is 0 Å². The lowest BCUT2D eigenvalue weighted by molar-refractivity contribution is 0.415. The van der Waals surface area contributed by atoms with Crippen LogP contribution in [0.4, 0.5) is 10.8 Å². The number of ether oxygens (including phenoxy) is 1. The molecular weight excluding hydrogens is 340 g/mol. The number of thiazole rings is 1. The number of nitrogens with zero attached hydrogens (tertiary/aromatic N) is 1. The topological polar surface area (TPSA) is 34.1 Å². The summed E-state index contributed by atoms with van der Waals surface area (Å²) in [6.07, 6.45) is 0. The lowest BCUT2D eigenvalue weighted by atomic mass is 10.0. The second kappa shape index (κ2) is 7.42. The number of hydrogen-bond donors (Lipinski definition) is 1. The fourth-order valence-corrected chi connectivity index (χ4v) is 3.47. The van der Waals surface area contributed by atoms with Crippen LogP contribution >= 0.6 is 11.3 Å². The Kier molecular flexibility index (Phi) is 4.67. The van der Waals surface area contributed by atoms with Gasteiger partial charge in [0.1, 0.15) is 5.75 Å². The van der Waals surface area contributed by atoms with Gasteiger partial charge in [0.05, 0.1) is 12.8 Å². The number of methoxy groups -OCH3 is 1. The first-order chi connectivity index (χ1) is 12.8. The minimum Gasteiger partial charge on any atom is -0.497 e. The van der Waals surface area contributed by atoms with Crippen molar-refractivity contribution in [1.82, 2.24) is 4.98 Å². The standard InChI is InChI=1S/C22H18N2OS/c1-25-20-13-11-19(12-14-20)23-22-24-21(15-26-22)18-9-7-17(8-10-18)16-5-3-2-4-6-16/h2-15H,1H3,(H,23,24). The first kappa shape index (κ1) is 16.4. The third kappa shape index (κ3) is 3.60. The Balaban J connectivity index is 1.50. The average Bonchev–Trinajstić information content (AvgIpc) is 3.18. The number of benzene rings is 3. The maximum Gasteiger partial charge on any atom is 0.187 e. The maximum absolute atomic E-state index is 5.18. The maximum atomic E-state index is 5.18. The van der Waals surface area contributed by atoms with E-state index in [-0.39, 0.29) is 0 Å². The molecular formula is C22H18N2OS.